The summed E-state index contributed by atoms with van der Waals surface area (Å²) in [5.74, 6) is 1.25. The Bertz CT molecular complexity index is 534. The molecular formula is C13H13ClN2O2. The highest BCUT2D eigenvalue weighted by Crippen LogP contribution is 2.12. The third-order valence-corrected chi connectivity index (χ3v) is 2.73. The lowest BCUT2D eigenvalue weighted by Gasteiger charge is -1.96. The number of Topliss-reactive ketones (excluding diaryl/α,β-unsaturated/α-hetero) is 1. The second-order valence-electron chi connectivity index (χ2n) is 4.11. The number of aryl methyl sites for hydroxylation is 1. The normalized spacial score (nSPS) is 10.6. The molecule has 0 unspecified atom stereocenters. The van der Waals surface area contributed by atoms with E-state index < -0.39 is 0 Å². The maximum atomic E-state index is 10.8. The lowest BCUT2D eigenvalue weighted by molar-refractivity contribution is -0.117. The molecule has 18 heavy (non-hydrogen) atoms. The molecule has 2 aromatic rings. The lowest BCUT2D eigenvalue weighted by Crippen LogP contribution is -1.95. The molecule has 1 heterocycles. The summed E-state index contributed by atoms with van der Waals surface area (Å²) >= 11 is 5.81. The topological polar surface area (TPSA) is 56.0 Å². The van der Waals surface area contributed by atoms with Crippen molar-refractivity contribution < 1.29 is 9.32 Å². The van der Waals surface area contributed by atoms with Crippen molar-refractivity contribution in [1.82, 2.24) is 10.1 Å². The predicted molar refractivity (Wildman–Crippen MR) is 67.6 cm³/mol. The maximum Gasteiger partial charge on any atom is 0.227 e. The molecule has 0 saturated heterocycles. The summed E-state index contributed by atoms with van der Waals surface area (Å²) in [5.41, 5.74) is 1.07. The average Bonchev–Trinajstić information content (AvgIpc) is 2.77. The van der Waals surface area contributed by atoms with Gasteiger partial charge in [-0.3, -0.25) is 0 Å². The van der Waals surface area contributed by atoms with E-state index in [4.69, 9.17) is 16.1 Å². The van der Waals surface area contributed by atoms with Gasteiger partial charge in [-0.15, -0.1) is 0 Å². The van der Waals surface area contributed by atoms with Crippen LogP contribution < -0.4 is 0 Å². The minimum Gasteiger partial charge on any atom is -0.339 e. The maximum absolute atomic E-state index is 10.8. The number of ketones is 1. The van der Waals surface area contributed by atoms with Crippen molar-refractivity contribution in [3.63, 3.8) is 0 Å². The van der Waals surface area contributed by atoms with Gasteiger partial charge < -0.3 is 9.32 Å². The molecule has 0 radical (unpaired) electrons. The van der Waals surface area contributed by atoms with Gasteiger partial charge in [-0.25, -0.2) is 0 Å². The highest BCUT2D eigenvalue weighted by atomic mass is 35.5. The van der Waals surface area contributed by atoms with E-state index in [9.17, 15) is 4.79 Å². The summed E-state index contributed by atoms with van der Waals surface area (Å²) in [6.45, 7) is 1.55. The zero-order chi connectivity index (χ0) is 13.0. The third kappa shape index (κ3) is 3.67. The molecule has 4 nitrogen and oxygen atoms in total. The molecule has 0 N–H and O–H groups in total. The van der Waals surface area contributed by atoms with Crippen molar-refractivity contribution in [3.8, 4) is 0 Å². The Kier molecular flexibility index (Phi) is 4.10. The van der Waals surface area contributed by atoms with Crippen LogP contribution in [0.1, 0.15) is 30.6 Å². The Balaban J connectivity index is 1.97. The monoisotopic (exact) mass is 264 g/mol. The first-order valence-electron chi connectivity index (χ1n) is 5.69. The molecule has 0 fully saturated rings. The number of rotatable bonds is 5. The van der Waals surface area contributed by atoms with Gasteiger partial charge in [0.05, 0.1) is 0 Å². The van der Waals surface area contributed by atoms with Crippen molar-refractivity contribution in [2.24, 2.45) is 0 Å². The molecule has 5 heteroatoms. The molecule has 1 aromatic carbocycles. The van der Waals surface area contributed by atoms with Crippen LogP contribution in [0.4, 0.5) is 0 Å². The van der Waals surface area contributed by atoms with Crippen molar-refractivity contribution in [2.75, 3.05) is 0 Å². The van der Waals surface area contributed by atoms with Gasteiger partial charge in [-0.1, -0.05) is 28.9 Å². The molecule has 0 spiro atoms. The number of aromatic nitrogens is 2. The Hall–Kier alpha value is -1.68. The van der Waals surface area contributed by atoms with Gasteiger partial charge in [0.15, 0.2) is 5.82 Å². The van der Waals surface area contributed by atoms with Crippen LogP contribution in [0.2, 0.25) is 5.02 Å². The van der Waals surface area contributed by atoms with E-state index in [1.807, 2.05) is 24.3 Å². The van der Waals surface area contributed by atoms with Crippen molar-refractivity contribution in [2.45, 2.75) is 26.2 Å². The number of halogens is 1. The Morgan fingerprint density at radius 1 is 1.33 bits per heavy atom. The fraction of sp³-hybridized carbons (Fsp3) is 0.308. The zero-order valence-electron chi connectivity index (χ0n) is 10.0. The van der Waals surface area contributed by atoms with Crippen molar-refractivity contribution in [3.05, 3.63) is 46.6 Å². The standard InChI is InChI=1S/C13H13ClN2O2/c1-9(17)2-7-13-15-12(16-18-13)8-10-3-5-11(14)6-4-10/h3-6H,2,7-8H2,1H3. The SMILES string of the molecule is CC(=O)CCc1nc(Cc2ccc(Cl)cc2)no1. The summed E-state index contributed by atoms with van der Waals surface area (Å²) < 4.78 is 5.07. The summed E-state index contributed by atoms with van der Waals surface area (Å²) in [6.07, 6.45) is 1.53. The van der Waals surface area contributed by atoms with Crippen molar-refractivity contribution in [1.29, 1.82) is 0 Å². The molecule has 0 bridgehead atoms. The van der Waals surface area contributed by atoms with E-state index in [0.29, 0.717) is 36.0 Å². The molecule has 0 aliphatic carbocycles. The van der Waals surface area contributed by atoms with Gasteiger partial charge in [0.25, 0.3) is 0 Å². The zero-order valence-corrected chi connectivity index (χ0v) is 10.8. The van der Waals surface area contributed by atoms with Crippen LogP contribution in [0.25, 0.3) is 0 Å². The highest BCUT2D eigenvalue weighted by Gasteiger charge is 2.08. The summed E-state index contributed by atoms with van der Waals surface area (Å²) in [6, 6.07) is 7.50. The number of hydrogen-bond donors (Lipinski definition) is 0. The summed E-state index contributed by atoms with van der Waals surface area (Å²) in [7, 11) is 0. The molecule has 1 aromatic heterocycles. The van der Waals surface area contributed by atoms with E-state index in [-0.39, 0.29) is 5.78 Å². The van der Waals surface area contributed by atoms with Crippen LogP contribution >= 0.6 is 11.6 Å². The fourth-order valence-corrected chi connectivity index (χ4v) is 1.66. The fourth-order valence-electron chi connectivity index (χ4n) is 1.53. The van der Waals surface area contributed by atoms with E-state index in [1.54, 1.807) is 6.92 Å². The van der Waals surface area contributed by atoms with Gasteiger partial charge in [-0.2, -0.15) is 4.98 Å². The molecule has 94 valence electrons. The molecule has 0 aliphatic rings. The molecule has 0 saturated carbocycles. The van der Waals surface area contributed by atoms with Crippen LogP contribution in [0.5, 0.6) is 0 Å². The summed E-state index contributed by atoms with van der Waals surface area (Å²) in [4.78, 5) is 15.1. The van der Waals surface area contributed by atoms with Gasteiger partial charge >= 0.3 is 0 Å². The Morgan fingerprint density at radius 2 is 2.06 bits per heavy atom. The molecule has 0 atom stereocenters. The van der Waals surface area contributed by atoms with Crippen LogP contribution in [0.15, 0.2) is 28.8 Å². The van der Waals surface area contributed by atoms with E-state index in [1.165, 1.54) is 0 Å². The van der Waals surface area contributed by atoms with Crippen LogP contribution in [-0.2, 0) is 17.6 Å². The van der Waals surface area contributed by atoms with Crippen LogP contribution in [0.3, 0.4) is 0 Å². The van der Waals surface area contributed by atoms with E-state index in [2.05, 4.69) is 10.1 Å². The number of nitrogens with zero attached hydrogens (tertiary/aromatic N) is 2. The first kappa shape index (κ1) is 12.8. The second kappa shape index (κ2) is 5.78. The lowest BCUT2D eigenvalue weighted by atomic mass is 10.1. The highest BCUT2D eigenvalue weighted by molar-refractivity contribution is 6.30. The van der Waals surface area contributed by atoms with Gasteiger partial charge in [0, 0.05) is 24.3 Å². The van der Waals surface area contributed by atoms with Gasteiger partial charge in [-0.05, 0) is 24.6 Å². The molecular weight excluding hydrogens is 252 g/mol. The number of carbonyl (C=O) groups is 1. The molecule has 0 amide bonds. The van der Waals surface area contributed by atoms with Crippen molar-refractivity contribution >= 4 is 17.4 Å². The number of hydrogen-bond acceptors (Lipinski definition) is 4. The predicted octanol–water partition coefficient (Wildman–Crippen LogP) is 2.84. The largest absolute Gasteiger partial charge is 0.339 e. The summed E-state index contributed by atoms with van der Waals surface area (Å²) in [5, 5.41) is 4.58. The van der Waals surface area contributed by atoms with E-state index >= 15 is 0 Å². The first-order valence-corrected chi connectivity index (χ1v) is 6.06. The van der Waals surface area contributed by atoms with E-state index in [0.717, 1.165) is 5.56 Å². The minimum atomic E-state index is 0.118. The van der Waals surface area contributed by atoms with Crippen LogP contribution in [-0.4, -0.2) is 15.9 Å². The minimum absolute atomic E-state index is 0.118. The Labute approximate surface area is 110 Å². The quantitative estimate of drug-likeness (QED) is 0.833. The number of benzene rings is 1. The average molecular weight is 265 g/mol. The number of carbonyl (C=O) groups excluding carboxylic acids is 1. The molecule has 0 aliphatic heterocycles. The third-order valence-electron chi connectivity index (χ3n) is 2.48. The Morgan fingerprint density at radius 3 is 2.72 bits per heavy atom. The second-order valence-corrected chi connectivity index (χ2v) is 4.55. The smallest absolute Gasteiger partial charge is 0.227 e. The molecule has 2 rings (SSSR count). The van der Waals surface area contributed by atoms with Gasteiger partial charge in [0.2, 0.25) is 5.89 Å². The van der Waals surface area contributed by atoms with Gasteiger partial charge in [0.1, 0.15) is 5.78 Å². The van der Waals surface area contributed by atoms with Crippen LogP contribution in [0, 0.1) is 0 Å². The first-order chi connectivity index (χ1) is 8.63.